The Morgan fingerprint density at radius 1 is 1.30 bits per heavy atom. The number of aromatic amines is 1. The van der Waals surface area contributed by atoms with Crippen molar-refractivity contribution >= 4 is 10.9 Å². The fourth-order valence-corrected chi connectivity index (χ4v) is 2.80. The molecule has 0 bridgehead atoms. The first-order valence-corrected chi connectivity index (χ1v) is 7.15. The Morgan fingerprint density at radius 3 is 2.80 bits per heavy atom. The van der Waals surface area contributed by atoms with Crippen LogP contribution >= 0.6 is 0 Å². The molecule has 4 heteroatoms. The smallest absolute Gasteiger partial charge is 0.252 e. The third kappa shape index (κ3) is 2.76. The van der Waals surface area contributed by atoms with Crippen molar-refractivity contribution in [3.05, 3.63) is 45.7 Å². The molecular weight excluding hydrogens is 252 g/mol. The first kappa shape index (κ1) is 13.3. The molecule has 0 amide bonds. The van der Waals surface area contributed by atoms with Crippen molar-refractivity contribution in [2.75, 3.05) is 13.1 Å². The number of aliphatic hydroxyl groups excluding tert-OH is 1. The van der Waals surface area contributed by atoms with E-state index in [1.54, 1.807) is 0 Å². The van der Waals surface area contributed by atoms with Gasteiger partial charge in [-0.25, -0.2) is 0 Å². The van der Waals surface area contributed by atoms with Gasteiger partial charge in [0, 0.05) is 30.7 Å². The number of hydrogen-bond acceptors (Lipinski definition) is 3. The normalized spacial score (nSPS) is 17.7. The number of aryl methyl sites for hydroxylation is 1. The standard InChI is InChI=1S/C16H20N2O2/c1-11-2-3-12-9-13(16(20)17-15(12)8-11)10-18-6-4-14(19)5-7-18/h2-3,8-9,14,19H,4-7,10H2,1H3,(H,17,20). The van der Waals surface area contributed by atoms with E-state index in [4.69, 9.17) is 0 Å². The number of benzene rings is 1. The second kappa shape index (κ2) is 5.38. The lowest BCUT2D eigenvalue weighted by atomic mass is 10.1. The van der Waals surface area contributed by atoms with Crippen LogP contribution in [0.25, 0.3) is 10.9 Å². The molecule has 0 radical (unpaired) electrons. The predicted molar refractivity (Wildman–Crippen MR) is 79.8 cm³/mol. The third-order valence-electron chi connectivity index (χ3n) is 4.03. The fourth-order valence-electron chi connectivity index (χ4n) is 2.80. The topological polar surface area (TPSA) is 56.3 Å². The SMILES string of the molecule is Cc1ccc2cc(CN3CCC(O)CC3)c(=O)[nH]c2c1. The summed E-state index contributed by atoms with van der Waals surface area (Å²) >= 11 is 0. The molecule has 2 heterocycles. The summed E-state index contributed by atoms with van der Waals surface area (Å²) < 4.78 is 0. The minimum Gasteiger partial charge on any atom is -0.393 e. The highest BCUT2D eigenvalue weighted by molar-refractivity contribution is 5.79. The van der Waals surface area contributed by atoms with Gasteiger partial charge in [-0.15, -0.1) is 0 Å². The van der Waals surface area contributed by atoms with Crippen molar-refractivity contribution in [2.45, 2.75) is 32.4 Å². The molecule has 1 aromatic carbocycles. The molecule has 3 rings (SSSR count). The van der Waals surface area contributed by atoms with Gasteiger partial charge in [0.25, 0.3) is 5.56 Å². The molecule has 1 saturated heterocycles. The zero-order valence-corrected chi connectivity index (χ0v) is 11.7. The van der Waals surface area contributed by atoms with E-state index >= 15 is 0 Å². The number of aromatic nitrogens is 1. The fraction of sp³-hybridized carbons (Fsp3) is 0.438. The predicted octanol–water partition coefficient (Wildman–Crippen LogP) is 1.79. The van der Waals surface area contributed by atoms with Gasteiger partial charge in [-0.3, -0.25) is 9.69 Å². The maximum atomic E-state index is 12.2. The maximum Gasteiger partial charge on any atom is 0.252 e. The highest BCUT2D eigenvalue weighted by Crippen LogP contribution is 2.16. The van der Waals surface area contributed by atoms with Gasteiger partial charge in [0.2, 0.25) is 0 Å². The number of piperidine rings is 1. The summed E-state index contributed by atoms with van der Waals surface area (Å²) in [5, 5.41) is 10.6. The molecule has 1 aromatic heterocycles. The lowest BCUT2D eigenvalue weighted by Gasteiger charge is -2.29. The van der Waals surface area contributed by atoms with Crippen LogP contribution in [0.2, 0.25) is 0 Å². The molecular formula is C16H20N2O2. The van der Waals surface area contributed by atoms with Gasteiger partial charge in [-0.2, -0.15) is 0 Å². The zero-order chi connectivity index (χ0) is 14.1. The molecule has 1 aliphatic rings. The number of aliphatic hydroxyl groups is 1. The Hall–Kier alpha value is -1.65. The summed E-state index contributed by atoms with van der Waals surface area (Å²) in [4.78, 5) is 17.4. The molecule has 20 heavy (non-hydrogen) atoms. The first-order valence-electron chi connectivity index (χ1n) is 7.15. The van der Waals surface area contributed by atoms with Crippen LogP contribution in [0.5, 0.6) is 0 Å². The number of nitrogens with zero attached hydrogens (tertiary/aromatic N) is 1. The molecule has 0 aliphatic carbocycles. The van der Waals surface area contributed by atoms with E-state index < -0.39 is 0 Å². The Morgan fingerprint density at radius 2 is 2.05 bits per heavy atom. The molecule has 106 valence electrons. The Kier molecular flexibility index (Phi) is 3.59. The van der Waals surface area contributed by atoms with Crippen molar-refractivity contribution in [3.8, 4) is 0 Å². The van der Waals surface area contributed by atoms with E-state index in [2.05, 4.69) is 16.0 Å². The van der Waals surface area contributed by atoms with Gasteiger partial charge < -0.3 is 10.1 Å². The number of rotatable bonds is 2. The average molecular weight is 272 g/mol. The quantitative estimate of drug-likeness (QED) is 0.876. The van der Waals surface area contributed by atoms with Crippen LogP contribution in [-0.4, -0.2) is 34.2 Å². The monoisotopic (exact) mass is 272 g/mol. The van der Waals surface area contributed by atoms with Gasteiger partial charge in [0.15, 0.2) is 0 Å². The minimum absolute atomic E-state index is 0.00535. The van der Waals surface area contributed by atoms with Crippen LogP contribution in [0.15, 0.2) is 29.1 Å². The van der Waals surface area contributed by atoms with Crippen molar-refractivity contribution in [1.29, 1.82) is 0 Å². The molecule has 0 spiro atoms. The van der Waals surface area contributed by atoms with Crippen LogP contribution < -0.4 is 5.56 Å². The van der Waals surface area contributed by atoms with Crippen LogP contribution in [0.1, 0.15) is 24.0 Å². The van der Waals surface area contributed by atoms with Crippen LogP contribution in [0, 0.1) is 6.92 Å². The Balaban J connectivity index is 1.86. The summed E-state index contributed by atoms with van der Waals surface area (Å²) in [6.07, 6.45) is 1.42. The molecule has 1 fully saturated rings. The van der Waals surface area contributed by atoms with E-state index in [-0.39, 0.29) is 11.7 Å². The number of likely N-dealkylation sites (tertiary alicyclic amines) is 1. The number of hydrogen-bond donors (Lipinski definition) is 2. The van der Waals surface area contributed by atoms with Gasteiger partial charge in [-0.05, 0) is 42.8 Å². The second-order valence-corrected chi connectivity index (χ2v) is 5.72. The number of fused-ring (bicyclic) bond motifs is 1. The van der Waals surface area contributed by atoms with Crippen molar-refractivity contribution in [2.24, 2.45) is 0 Å². The molecule has 4 nitrogen and oxygen atoms in total. The van der Waals surface area contributed by atoms with E-state index in [0.29, 0.717) is 6.54 Å². The lowest BCUT2D eigenvalue weighted by molar-refractivity contribution is 0.0791. The summed E-state index contributed by atoms with van der Waals surface area (Å²) in [7, 11) is 0. The minimum atomic E-state index is -0.177. The highest BCUT2D eigenvalue weighted by Gasteiger charge is 2.18. The maximum absolute atomic E-state index is 12.2. The summed E-state index contributed by atoms with van der Waals surface area (Å²) in [6.45, 7) is 4.38. The summed E-state index contributed by atoms with van der Waals surface area (Å²) in [5.74, 6) is 0. The third-order valence-corrected chi connectivity index (χ3v) is 4.03. The lowest BCUT2D eigenvalue weighted by Crippen LogP contribution is -2.36. The van der Waals surface area contributed by atoms with Crippen LogP contribution in [0.4, 0.5) is 0 Å². The zero-order valence-electron chi connectivity index (χ0n) is 11.7. The summed E-state index contributed by atoms with van der Waals surface area (Å²) in [6, 6.07) is 8.09. The highest BCUT2D eigenvalue weighted by atomic mass is 16.3. The molecule has 0 saturated carbocycles. The van der Waals surface area contributed by atoms with E-state index in [1.165, 1.54) is 0 Å². The van der Waals surface area contributed by atoms with Crippen LogP contribution in [0.3, 0.4) is 0 Å². The Labute approximate surface area is 118 Å². The summed E-state index contributed by atoms with van der Waals surface area (Å²) in [5.41, 5.74) is 2.84. The van der Waals surface area contributed by atoms with E-state index in [1.807, 2.05) is 25.1 Å². The Bertz CT molecular complexity index is 670. The largest absolute Gasteiger partial charge is 0.393 e. The average Bonchev–Trinajstić information content (AvgIpc) is 2.42. The van der Waals surface area contributed by atoms with E-state index in [9.17, 15) is 9.90 Å². The molecule has 1 aliphatic heterocycles. The molecule has 0 atom stereocenters. The number of nitrogens with one attached hydrogen (secondary N) is 1. The number of H-pyrrole nitrogens is 1. The first-order chi connectivity index (χ1) is 9.61. The van der Waals surface area contributed by atoms with Crippen molar-refractivity contribution < 1.29 is 5.11 Å². The molecule has 0 unspecified atom stereocenters. The van der Waals surface area contributed by atoms with Crippen molar-refractivity contribution in [3.63, 3.8) is 0 Å². The van der Waals surface area contributed by atoms with Gasteiger partial charge in [0.05, 0.1) is 6.10 Å². The van der Waals surface area contributed by atoms with Gasteiger partial charge in [0.1, 0.15) is 0 Å². The number of pyridine rings is 1. The molecule has 2 N–H and O–H groups in total. The molecule has 2 aromatic rings. The van der Waals surface area contributed by atoms with E-state index in [0.717, 1.165) is 48.0 Å². The second-order valence-electron chi connectivity index (χ2n) is 5.72. The van der Waals surface area contributed by atoms with Gasteiger partial charge >= 0.3 is 0 Å². The van der Waals surface area contributed by atoms with Crippen LogP contribution in [-0.2, 0) is 6.54 Å². The van der Waals surface area contributed by atoms with Crippen molar-refractivity contribution in [1.82, 2.24) is 9.88 Å². The van der Waals surface area contributed by atoms with Gasteiger partial charge in [-0.1, -0.05) is 12.1 Å².